The largest absolute Gasteiger partial charge is 0.451 e. The van der Waals surface area contributed by atoms with Crippen LogP contribution in [0.25, 0.3) is 11.3 Å². The van der Waals surface area contributed by atoms with Gasteiger partial charge < -0.3 is 9.73 Å². The summed E-state index contributed by atoms with van der Waals surface area (Å²) in [5.41, 5.74) is 1.07. The van der Waals surface area contributed by atoms with E-state index in [0.29, 0.717) is 22.2 Å². The maximum atomic E-state index is 13.7. The zero-order valence-corrected chi connectivity index (χ0v) is 22.3. The second-order valence-electron chi connectivity index (χ2n) is 10.1. The molecule has 1 aliphatic rings. The van der Waals surface area contributed by atoms with Crippen LogP contribution in [0.3, 0.4) is 0 Å². The SMILES string of the molecule is C=CC(Cc1ccc(NC(=O)c2cc(-c3ccc(Cl)cc3)oc2C(F)(F)F)cc1)(C1CCCCC1)N(C)C. The molecule has 1 unspecified atom stereocenters. The lowest BCUT2D eigenvalue weighted by Crippen LogP contribution is -2.51. The number of halogens is 4. The summed E-state index contributed by atoms with van der Waals surface area (Å²) in [6, 6.07) is 14.5. The summed E-state index contributed by atoms with van der Waals surface area (Å²) in [5.74, 6) is -1.81. The van der Waals surface area contributed by atoms with E-state index in [4.69, 9.17) is 16.0 Å². The minimum absolute atomic E-state index is 0.0679. The molecule has 1 saturated carbocycles. The number of hydrogen-bond acceptors (Lipinski definition) is 3. The summed E-state index contributed by atoms with van der Waals surface area (Å²) in [7, 11) is 4.15. The monoisotopic (exact) mass is 544 g/mol. The molecule has 8 heteroatoms. The molecule has 1 fully saturated rings. The first-order chi connectivity index (χ1) is 18.0. The Kier molecular flexibility index (Phi) is 8.38. The molecule has 0 bridgehead atoms. The Balaban J connectivity index is 1.54. The summed E-state index contributed by atoms with van der Waals surface area (Å²) in [6.07, 6.45) is 3.98. The van der Waals surface area contributed by atoms with Crippen molar-refractivity contribution in [1.82, 2.24) is 4.90 Å². The number of anilines is 1. The number of amides is 1. The van der Waals surface area contributed by atoms with E-state index in [-0.39, 0.29) is 11.3 Å². The fourth-order valence-corrected chi connectivity index (χ4v) is 5.58. The molecular formula is C30H32ClF3N2O2. The third kappa shape index (κ3) is 6.00. The van der Waals surface area contributed by atoms with Crippen molar-refractivity contribution in [3.63, 3.8) is 0 Å². The van der Waals surface area contributed by atoms with E-state index in [1.165, 1.54) is 31.4 Å². The molecule has 4 nitrogen and oxygen atoms in total. The van der Waals surface area contributed by atoms with Crippen molar-refractivity contribution in [3.05, 3.63) is 89.2 Å². The highest BCUT2D eigenvalue weighted by atomic mass is 35.5. The first-order valence-electron chi connectivity index (χ1n) is 12.7. The molecule has 1 N–H and O–H groups in total. The Hall–Kier alpha value is -3.03. The van der Waals surface area contributed by atoms with Gasteiger partial charge in [0.1, 0.15) is 5.76 Å². The number of alkyl halides is 3. The third-order valence-electron chi connectivity index (χ3n) is 7.56. The van der Waals surface area contributed by atoms with Gasteiger partial charge in [-0.2, -0.15) is 13.2 Å². The molecule has 3 aromatic rings. The molecule has 202 valence electrons. The highest BCUT2D eigenvalue weighted by molar-refractivity contribution is 6.30. The normalized spacial score (nSPS) is 16.3. The maximum Gasteiger partial charge on any atom is 0.450 e. The molecule has 1 amide bonds. The van der Waals surface area contributed by atoms with Crippen molar-refractivity contribution in [2.24, 2.45) is 5.92 Å². The van der Waals surface area contributed by atoms with E-state index in [1.807, 2.05) is 12.1 Å². The Bertz CT molecular complexity index is 1260. The lowest BCUT2D eigenvalue weighted by atomic mass is 9.71. The van der Waals surface area contributed by atoms with Crippen LogP contribution in [0.15, 0.2) is 71.7 Å². The van der Waals surface area contributed by atoms with Gasteiger partial charge in [0.25, 0.3) is 5.91 Å². The van der Waals surface area contributed by atoms with Gasteiger partial charge in [-0.3, -0.25) is 9.69 Å². The molecule has 0 saturated heterocycles. The standard InChI is InChI=1S/C30H32ClF3N2O2/c1-4-29(36(2)3,22-8-6-5-7-9-22)19-20-10-16-24(17-11-20)35-28(37)25-18-26(38-27(25)30(32,33)34)21-12-14-23(31)15-13-21/h4,10-18,22H,1,5-9,19H2,2-3H3,(H,35,37). The number of benzene rings is 2. The first-order valence-corrected chi connectivity index (χ1v) is 13.1. The smallest absolute Gasteiger partial charge is 0.450 e. The van der Waals surface area contributed by atoms with Crippen molar-refractivity contribution >= 4 is 23.2 Å². The molecule has 0 radical (unpaired) electrons. The fraction of sp³-hybridized carbons (Fsp3) is 0.367. The average molecular weight is 545 g/mol. The zero-order valence-electron chi connectivity index (χ0n) is 21.6. The Labute approximate surface area is 226 Å². The zero-order chi connectivity index (χ0) is 27.5. The quantitative estimate of drug-likeness (QED) is 0.289. The van der Waals surface area contributed by atoms with Gasteiger partial charge in [-0.15, -0.1) is 6.58 Å². The minimum atomic E-state index is -4.83. The molecular weight excluding hydrogens is 513 g/mol. The van der Waals surface area contributed by atoms with E-state index in [0.717, 1.165) is 30.9 Å². The van der Waals surface area contributed by atoms with E-state index in [1.54, 1.807) is 24.3 Å². The summed E-state index contributed by atoms with van der Waals surface area (Å²) >= 11 is 5.88. The van der Waals surface area contributed by atoms with Gasteiger partial charge >= 0.3 is 6.18 Å². The van der Waals surface area contributed by atoms with E-state index >= 15 is 0 Å². The van der Waals surface area contributed by atoms with Crippen LogP contribution in [0.5, 0.6) is 0 Å². The van der Waals surface area contributed by atoms with Crippen molar-refractivity contribution < 1.29 is 22.4 Å². The highest BCUT2D eigenvalue weighted by Crippen LogP contribution is 2.40. The molecule has 2 aromatic carbocycles. The van der Waals surface area contributed by atoms with Gasteiger partial charge in [0.15, 0.2) is 0 Å². The molecule has 4 rings (SSSR count). The van der Waals surface area contributed by atoms with Crippen LogP contribution in [0.4, 0.5) is 18.9 Å². The number of nitrogens with zero attached hydrogens (tertiary/aromatic N) is 1. The minimum Gasteiger partial charge on any atom is -0.451 e. The summed E-state index contributed by atoms with van der Waals surface area (Å²) in [6.45, 7) is 4.17. The maximum absolute atomic E-state index is 13.7. The number of rotatable bonds is 8. The van der Waals surface area contributed by atoms with Crippen LogP contribution in [0, 0.1) is 5.92 Å². The predicted molar refractivity (Wildman–Crippen MR) is 145 cm³/mol. The average Bonchev–Trinajstić information content (AvgIpc) is 3.36. The van der Waals surface area contributed by atoms with Crippen LogP contribution in [-0.2, 0) is 12.6 Å². The third-order valence-corrected chi connectivity index (χ3v) is 7.81. The predicted octanol–water partition coefficient (Wildman–Crippen LogP) is 8.48. The van der Waals surface area contributed by atoms with Crippen LogP contribution in [0.2, 0.25) is 5.02 Å². The van der Waals surface area contributed by atoms with Gasteiger partial charge in [-0.05, 0) is 87.3 Å². The number of hydrogen-bond donors (Lipinski definition) is 1. The fourth-order valence-electron chi connectivity index (χ4n) is 5.45. The number of carbonyl (C=O) groups excluding carboxylic acids is 1. The number of carbonyl (C=O) groups is 1. The van der Waals surface area contributed by atoms with Crippen LogP contribution in [-0.4, -0.2) is 30.4 Å². The summed E-state index contributed by atoms with van der Waals surface area (Å²) in [4.78, 5) is 15.2. The van der Waals surface area contributed by atoms with E-state index < -0.39 is 23.4 Å². The number of likely N-dealkylation sites (N-methyl/N-ethyl adjacent to an activating group) is 1. The summed E-state index contributed by atoms with van der Waals surface area (Å²) < 4.78 is 46.2. The van der Waals surface area contributed by atoms with E-state index in [9.17, 15) is 18.0 Å². The van der Waals surface area contributed by atoms with Gasteiger partial charge in [-0.1, -0.05) is 49.1 Å². The van der Waals surface area contributed by atoms with Crippen LogP contribution >= 0.6 is 11.6 Å². The van der Waals surface area contributed by atoms with E-state index in [2.05, 4.69) is 37.0 Å². The van der Waals surface area contributed by atoms with Gasteiger partial charge in [0, 0.05) is 21.8 Å². The second kappa shape index (κ2) is 11.4. The number of nitrogens with one attached hydrogen (secondary N) is 1. The van der Waals surface area contributed by atoms with Crippen molar-refractivity contribution in [2.75, 3.05) is 19.4 Å². The Morgan fingerprint density at radius 1 is 1.08 bits per heavy atom. The number of furan rings is 1. The van der Waals surface area contributed by atoms with Gasteiger partial charge in [-0.25, -0.2) is 0 Å². The molecule has 1 atom stereocenters. The van der Waals surface area contributed by atoms with Gasteiger partial charge in [0.2, 0.25) is 5.76 Å². The Morgan fingerprint density at radius 3 is 2.26 bits per heavy atom. The van der Waals surface area contributed by atoms with Crippen LogP contribution in [0.1, 0.15) is 53.8 Å². The van der Waals surface area contributed by atoms with Crippen molar-refractivity contribution in [1.29, 1.82) is 0 Å². The van der Waals surface area contributed by atoms with Crippen LogP contribution < -0.4 is 5.32 Å². The molecule has 38 heavy (non-hydrogen) atoms. The Morgan fingerprint density at radius 2 is 1.71 bits per heavy atom. The second-order valence-corrected chi connectivity index (χ2v) is 10.5. The molecule has 1 heterocycles. The van der Waals surface area contributed by atoms with Gasteiger partial charge in [0.05, 0.1) is 5.56 Å². The van der Waals surface area contributed by atoms with Crippen molar-refractivity contribution in [3.8, 4) is 11.3 Å². The molecule has 0 aliphatic heterocycles. The first kappa shape index (κ1) is 28.0. The lowest BCUT2D eigenvalue weighted by molar-refractivity contribution is -0.153. The lowest BCUT2D eigenvalue weighted by Gasteiger charge is -2.46. The van der Waals surface area contributed by atoms with Crippen molar-refractivity contribution in [2.45, 2.75) is 50.2 Å². The molecule has 1 aliphatic carbocycles. The summed E-state index contributed by atoms with van der Waals surface area (Å²) in [5, 5.41) is 3.02. The topological polar surface area (TPSA) is 45.5 Å². The molecule has 1 aromatic heterocycles. The highest BCUT2D eigenvalue weighted by Gasteiger charge is 2.41. The molecule has 0 spiro atoms.